The monoisotopic (exact) mass is 365 g/mol. The van der Waals surface area contributed by atoms with Crippen LogP contribution in [-0.2, 0) is 25.7 Å². The molecule has 4 rings (SSSR count). The number of rotatable bonds is 4. The van der Waals surface area contributed by atoms with E-state index in [4.69, 9.17) is 5.73 Å². The smallest absolute Gasteiger partial charge is 0.329 e. The molecule has 0 aromatic heterocycles. The van der Waals surface area contributed by atoms with Gasteiger partial charge in [-0.05, 0) is 78.8 Å². The Hall–Kier alpha value is -2.40. The van der Waals surface area contributed by atoms with Crippen molar-refractivity contribution in [2.75, 3.05) is 5.32 Å². The maximum atomic E-state index is 12.6. The van der Waals surface area contributed by atoms with Crippen molar-refractivity contribution < 1.29 is 4.79 Å². The molecule has 0 atom stereocenters. The summed E-state index contributed by atoms with van der Waals surface area (Å²) in [6, 6.07) is 9.84. The average Bonchev–Trinajstić information content (AvgIpc) is 3.29. The van der Waals surface area contributed by atoms with E-state index in [-0.39, 0.29) is 6.03 Å². The maximum absolute atomic E-state index is 12.6. The van der Waals surface area contributed by atoms with Gasteiger partial charge in [0.05, 0.1) is 0 Å². The third kappa shape index (κ3) is 3.19. The Morgan fingerprint density at radius 3 is 2.35 bits per heavy atom. The van der Waals surface area contributed by atoms with Crippen molar-refractivity contribution in [2.24, 2.45) is 5.73 Å². The Labute approximate surface area is 158 Å². The van der Waals surface area contributed by atoms with Crippen LogP contribution in [0.4, 0.5) is 10.5 Å². The van der Waals surface area contributed by atoms with Crippen molar-refractivity contribution >= 4 is 29.4 Å². The highest BCUT2D eigenvalue weighted by atomic mass is 32.2. The summed E-state index contributed by atoms with van der Waals surface area (Å²) in [5.74, 6) is 0. The van der Waals surface area contributed by atoms with Crippen LogP contribution >= 0.6 is 11.9 Å². The lowest BCUT2D eigenvalue weighted by atomic mass is 9.99. The summed E-state index contributed by atoms with van der Waals surface area (Å²) >= 11 is 1.27. The molecular weight excluding hydrogens is 342 g/mol. The topological polar surface area (TPSA) is 67.1 Å². The fraction of sp³-hybridized carbons (Fsp3) is 0.286. The molecule has 2 aromatic carbocycles. The molecule has 0 fully saturated rings. The molecule has 0 unspecified atom stereocenters. The first-order chi connectivity index (χ1) is 12.6. The predicted molar refractivity (Wildman–Crippen MR) is 108 cm³/mol. The van der Waals surface area contributed by atoms with Gasteiger partial charge in [0.15, 0.2) is 0 Å². The molecule has 2 amide bonds. The average molecular weight is 366 g/mol. The van der Waals surface area contributed by atoms with E-state index in [1.165, 1.54) is 47.0 Å². The number of carbonyl (C=O) groups is 1. The lowest BCUT2D eigenvalue weighted by Crippen LogP contribution is -2.24. The summed E-state index contributed by atoms with van der Waals surface area (Å²) in [4.78, 5) is 13.5. The Balaban J connectivity index is 1.51. The third-order valence-electron chi connectivity index (χ3n) is 5.20. The van der Waals surface area contributed by atoms with E-state index in [1.807, 2.05) is 24.3 Å². The molecule has 4 nitrogen and oxygen atoms in total. The summed E-state index contributed by atoms with van der Waals surface area (Å²) in [6.07, 6.45) is 6.71. The molecule has 0 saturated carbocycles. The number of amides is 2. The molecule has 0 radical (unpaired) electrons. The number of aryl methyl sites for hydroxylation is 2. The second-order valence-corrected chi connectivity index (χ2v) is 7.76. The van der Waals surface area contributed by atoms with Crippen LogP contribution in [0.15, 0.2) is 41.8 Å². The molecule has 0 aliphatic heterocycles. The number of fused-ring (bicyclic) bond motifs is 2. The Bertz CT molecular complexity index is 859. The fourth-order valence-electron chi connectivity index (χ4n) is 4.03. The molecule has 4 N–H and O–H groups in total. The van der Waals surface area contributed by atoms with Gasteiger partial charge in [0.1, 0.15) is 0 Å². The van der Waals surface area contributed by atoms with Crippen molar-refractivity contribution in [2.45, 2.75) is 43.4 Å². The first kappa shape index (κ1) is 17.0. The number of benzene rings is 2. The lowest BCUT2D eigenvalue weighted by molar-refractivity contribution is 0.257. The highest BCUT2D eigenvalue weighted by molar-refractivity contribution is 7.98. The van der Waals surface area contributed by atoms with Crippen LogP contribution < -0.4 is 15.8 Å². The number of urea groups is 1. The molecule has 2 aliphatic carbocycles. The molecule has 134 valence electrons. The van der Waals surface area contributed by atoms with Gasteiger partial charge in [0.2, 0.25) is 0 Å². The standard InChI is InChI=1S/C21H23N3OS/c1-13(22)16-8-2-3-11-19(16)26-24-21(25)23-20-17-9-4-6-14(17)12-15-7-5-10-18(15)20/h2-3,8,11-12H,1,4-7,9-10,22H2,(H2,23,24,25). The minimum Gasteiger partial charge on any atom is -0.399 e. The van der Waals surface area contributed by atoms with Gasteiger partial charge in [0, 0.05) is 21.8 Å². The van der Waals surface area contributed by atoms with E-state index in [1.54, 1.807) is 0 Å². The van der Waals surface area contributed by atoms with Crippen LogP contribution in [0, 0.1) is 0 Å². The van der Waals surface area contributed by atoms with Crippen LogP contribution in [0.3, 0.4) is 0 Å². The van der Waals surface area contributed by atoms with Crippen molar-refractivity contribution in [1.82, 2.24) is 4.72 Å². The molecule has 5 heteroatoms. The lowest BCUT2D eigenvalue weighted by Gasteiger charge is -2.16. The zero-order valence-electron chi connectivity index (χ0n) is 14.7. The van der Waals surface area contributed by atoms with Crippen molar-refractivity contribution in [3.05, 3.63) is 64.7 Å². The molecular formula is C21H23N3OS. The highest BCUT2D eigenvalue weighted by Crippen LogP contribution is 2.38. The van der Waals surface area contributed by atoms with E-state index in [0.717, 1.165) is 41.8 Å². The fourth-order valence-corrected chi connectivity index (χ4v) is 4.74. The number of anilines is 1. The highest BCUT2D eigenvalue weighted by Gasteiger charge is 2.25. The van der Waals surface area contributed by atoms with E-state index >= 15 is 0 Å². The number of nitrogens with one attached hydrogen (secondary N) is 2. The maximum Gasteiger partial charge on any atom is 0.329 e. The van der Waals surface area contributed by atoms with Gasteiger partial charge < -0.3 is 11.1 Å². The zero-order valence-corrected chi connectivity index (χ0v) is 15.5. The van der Waals surface area contributed by atoms with Gasteiger partial charge >= 0.3 is 6.03 Å². The van der Waals surface area contributed by atoms with E-state index in [2.05, 4.69) is 22.7 Å². The van der Waals surface area contributed by atoms with E-state index in [9.17, 15) is 4.79 Å². The summed E-state index contributed by atoms with van der Waals surface area (Å²) in [5.41, 5.74) is 13.7. The quantitative estimate of drug-likeness (QED) is 0.703. The first-order valence-electron chi connectivity index (χ1n) is 9.07. The summed E-state index contributed by atoms with van der Waals surface area (Å²) in [6.45, 7) is 3.80. The Morgan fingerprint density at radius 2 is 1.69 bits per heavy atom. The molecule has 0 heterocycles. The summed E-state index contributed by atoms with van der Waals surface area (Å²) < 4.78 is 2.90. The van der Waals surface area contributed by atoms with E-state index < -0.39 is 0 Å². The Kier molecular flexibility index (Phi) is 4.64. The van der Waals surface area contributed by atoms with Gasteiger partial charge in [-0.15, -0.1) is 0 Å². The normalized spacial score (nSPS) is 14.6. The molecule has 2 aromatic rings. The molecule has 0 spiro atoms. The van der Waals surface area contributed by atoms with Crippen molar-refractivity contribution in [3.63, 3.8) is 0 Å². The van der Waals surface area contributed by atoms with Crippen LogP contribution in [0.25, 0.3) is 5.70 Å². The minimum atomic E-state index is -0.193. The number of nitrogens with two attached hydrogens (primary N) is 1. The first-order valence-corrected chi connectivity index (χ1v) is 9.89. The van der Waals surface area contributed by atoms with Crippen LogP contribution in [0.1, 0.15) is 40.7 Å². The molecule has 26 heavy (non-hydrogen) atoms. The molecule has 2 aliphatic rings. The minimum absolute atomic E-state index is 0.193. The van der Waals surface area contributed by atoms with Crippen molar-refractivity contribution in [3.8, 4) is 0 Å². The Morgan fingerprint density at radius 1 is 1.04 bits per heavy atom. The van der Waals surface area contributed by atoms with Gasteiger partial charge in [-0.2, -0.15) is 0 Å². The van der Waals surface area contributed by atoms with Gasteiger partial charge in [-0.3, -0.25) is 4.72 Å². The number of hydrogen-bond acceptors (Lipinski definition) is 3. The second kappa shape index (κ2) is 7.08. The van der Waals surface area contributed by atoms with Crippen molar-refractivity contribution in [1.29, 1.82) is 0 Å². The summed E-state index contributed by atoms with van der Waals surface area (Å²) in [5, 5.41) is 3.14. The number of carbonyl (C=O) groups excluding carboxylic acids is 1. The predicted octanol–water partition coefficient (Wildman–Crippen LogP) is 4.42. The van der Waals surface area contributed by atoms with Gasteiger partial charge in [-0.1, -0.05) is 30.8 Å². The van der Waals surface area contributed by atoms with Gasteiger partial charge in [0.25, 0.3) is 0 Å². The van der Waals surface area contributed by atoms with E-state index in [0.29, 0.717) is 5.70 Å². The third-order valence-corrected chi connectivity index (χ3v) is 6.06. The summed E-state index contributed by atoms with van der Waals surface area (Å²) in [7, 11) is 0. The van der Waals surface area contributed by atoms with Gasteiger partial charge in [-0.25, -0.2) is 4.79 Å². The molecule has 0 bridgehead atoms. The van der Waals surface area contributed by atoms with Crippen LogP contribution in [0.2, 0.25) is 0 Å². The SMILES string of the molecule is C=C(N)c1ccccc1SNC(=O)Nc1c2c(cc3c1CCC3)CCC2. The number of hydrogen-bond donors (Lipinski definition) is 3. The second-order valence-electron chi connectivity index (χ2n) is 6.91. The van der Waals surface area contributed by atoms with Crippen LogP contribution in [0.5, 0.6) is 0 Å². The largest absolute Gasteiger partial charge is 0.399 e. The zero-order chi connectivity index (χ0) is 18.1. The van der Waals surface area contributed by atoms with Crippen LogP contribution in [-0.4, -0.2) is 6.03 Å². The molecule has 0 saturated heterocycles.